The van der Waals surface area contributed by atoms with Crippen LogP contribution in [-0.2, 0) is 11.3 Å². The van der Waals surface area contributed by atoms with E-state index in [4.69, 9.17) is 4.74 Å². The van der Waals surface area contributed by atoms with E-state index in [-0.39, 0.29) is 12.0 Å². The number of ether oxygens (including phenoxy) is 1. The highest BCUT2D eigenvalue weighted by molar-refractivity contribution is 5.67. The van der Waals surface area contributed by atoms with Crippen LogP contribution in [0.4, 0.5) is 4.79 Å². The van der Waals surface area contributed by atoms with Crippen LogP contribution in [0.2, 0.25) is 0 Å². The molecule has 108 valence electrons. The molecular weight excluding hydrogens is 268 g/mol. The SMILES string of the molecule is O=C(NCC=Cc1c[nH]ccc1=O)OCc1ccccc1. The Morgan fingerprint density at radius 1 is 1.24 bits per heavy atom. The van der Waals surface area contributed by atoms with Crippen molar-refractivity contribution in [2.45, 2.75) is 6.61 Å². The predicted octanol–water partition coefficient (Wildman–Crippen LogP) is 2.31. The van der Waals surface area contributed by atoms with Gasteiger partial charge >= 0.3 is 6.09 Å². The number of hydrogen-bond donors (Lipinski definition) is 2. The summed E-state index contributed by atoms with van der Waals surface area (Å²) in [5.41, 5.74) is 1.40. The molecule has 0 saturated carbocycles. The minimum atomic E-state index is -0.495. The molecule has 0 aliphatic rings. The first-order chi connectivity index (χ1) is 10.3. The number of amides is 1. The van der Waals surface area contributed by atoms with Crippen LogP contribution in [0.25, 0.3) is 6.08 Å². The van der Waals surface area contributed by atoms with Gasteiger partial charge in [-0.25, -0.2) is 4.79 Å². The Balaban J connectivity index is 1.72. The summed E-state index contributed by atoms with van der Waals surface area (Å²) in [6.07, 6.45) is 6.02. The third kappa shape index (κ3) is 4.99. The lowest BCUT2D eigenvalue weighted by Crippen LogP contribution is -2.24. The molecular formula is C16H16N2O3. The van der Waals surface area contributed by atoms with Gasteiger partial charge in [-0.1, -0.05) is 42.5 Å². The van der Waals surface area contributed by atoms with E-state index < -0.39 is 6.09 Å². The number of pyridine rings is 1. The average Bonchev–Trinajstić information content (AvgIpc) is 2.52. The number of H-pyrrole nitrogens is 1. The molecule has 0 unspecified atom stereocenters. The van der Waals surface area contributed by atoms with Gasteiger partial charge in [-0.05, 0) is 5.56 Å². The molecule has 0 aliphatic carbocycles. The van der Waals surface area contributed by atoms with Gasteiger partial charge < -0.3 is 15.0 Å². The van der Waals surface area contributed by atoms with Crippen LogP contribution in [0, 0.1) is 0 Å². The number of aromatic amines is 1. The van der Waals surface area contributed by atoms with E-state index in [1.165, 1.54) is 6.07 Å². The van der Waals surface area contributed by atoms with Crippen LogP contribution in [0.5, 0.6) is 0 Å². The third-order valence-corrected chi connectivity index (χ3v) is 2.73. The molecule has 21 heavy (non-hydrogen) atoms. The van der Waals surface area contributed by atoms with Gasteiger partial charge in [-0.15, -0.1) is 0 Å². The molecule has 0 radical (unpaired) electrons. The summed E-state index contributed by atoms with van der Waals surface area (Å²) in [5, 5.41) is 2.58. The molecule has 1 aromatic heterocycles. The monoisotopic (exact) mass is 284 g/mol. The first-order valence-electron chi connectivity index (χ1n) is 6.54. The summed E-state index contributed by atoms with van der Waals surface area (Å²) in [4.78, 5) is 25.7. The van der Waals surface area contributed by atoms with E-state index in [2.05, 4.69) is 10.3 Å². The molecule has 0 atom stereocenters. The van der Waals surface area contributed by atoms with Crippen LogP contribution in [0.3, 0.4) is 0 Å². The fourth-order valence-electron chi connectivity index (χ4n) is 1.66. The van der Waals surface area contributed by atoms with E-state index in [0.29, 0.717) is 12.1 Å². The molecule has 0 saturated heterocycles. The molecule has 0 bridgehead atoms. The molecule has 5 nitrogen and oxygen atoms in total. The highest BCUT2D eigenvalue weighted by atomic mass is 16.5. The zero-order valence-electron chi connectivity index (χ0n) is 11.4. The van der Waals surface area contributed by atoms with Crippen LogP contribution in [-0.4, -0.2) is 17.6 Å². The van der Waals surface area contributed by atoms with E-state index in [9.17, 15) is 9.59 Å². The van der Waals surface area contributed by atoms with E-state index >= 15 is 0 Å². The van der Waals surface area contributed by atoms with Crippen molar-refractivity contribution in [3.05, 3.63) is 76.2 Å². The molecule has 2 aromatic rings. The number of rotatable bonds is 5. The van der Waals surface area contributed by atoms with Crippen molar-refractivity contribution in [3.8, 4) is 0 Å². The van der Waals surface area contributed by atoms with Crippen molar-refractivity contribution in [1.29, 1.82) is 0 Å². The molecule has 5 heteroatoms. The van der Waals surface area contributed by atoms with Crippen LogP contribution >= 0.6 is 0 Å². The summed E-state index contributed by atoms with van der Waals surface area (Å²) < 4.78 is 5.05. The van der Waals surface area contributed by atoms with Crippen molar-refractivity contribution >= 4 is 12.2 Å². The van der Waals surface area contributed by atoms with Crippen molar-refractivity contribution in [3.63, 3.8) is 0 Å². The zero-order chi connectivity index (χ0) is 14.9. The number of aromatic nitrogens is 1. The summed E-state index contributed by atoms with van der Waals surface area (Å²) in [6, 6.07) is 10.9. The molecule has 1 heterocycles. The lowest BCUT2D eigenvalue weighted by Gasteiger charge is -2.05. The quantitative estimate of drug-likeness (QED) is 0.885. The first-order valence-corrected chi connectivity index (χ1v) is 6.54. The normalized spacial score (nSPS) is 10.5. The highest BCUT2D eigenvalue weighted by Gasteiger charge is 2.00. The predicted molar refractivity (Wildman–Crippen MR) is 80.7 cm³/mol. The van der Waals surface area contributed by atoms with Gasteiger partial charge in [0.05, 0.1) is 0 Å². The van der Waals surface area contributed by atoms with Gasteiger partial charge in [0.15, 0.2) is 5.43 Å². The molecule has 1 aromatic carbocycles. The summed E-state index contributed by atoms with van der Waals surface area (Å²) >= 11 is 0. The van der Waals surface area contributed by atoms with Gasteiger partial charge in [-0.3, -0.25) is 4.79 Å². The summed E-state index contributed by atoms with van der Waals surface area (Å²) in [5.74, 6) is 0. The maximum Gasteiger partial charge on any atom is 0.407 e. The molecule has 0 fully saturated rings. The number of hydrogen-bond acceptors (Lipinski definition) is 3. The number of alkyl carbamates (subject to hydrolysis) is 1. The van der Waals surface area contributed by atoms with Gasteiger partial charge in [0.1, 0.15) is 6.61 Å². The number of benzene rings is 1. The van der Waals surface area contributed by atoms with Crippen molar-refractivity contribution in [1.82, 2.24) is 10.3 Å². The Kier molecular flexibility index (Phi) is 5.34. The van der Waals surface area contributed by atoms with E-state index in [1.807, 2.05) is 30.3 Å². The number of carbonyl (C=O) groups is 1. The summed E-state index contributed by atoms with van der Waals surface area (Å²) in [6.45, 7) is 0.525. The maximum atomic E-state index is 11.5. The Bertz CT molecular complexity index is 662. The smallest absolute Gasteiger partial charge is 0.407 e. The number of nitrogens with one attached hydrogen (secondary N) is 2. The Labute approximate surface area is 122 Å². The Morgan fingerprint density at radius 3 is 2.81 bits per heavy atom. The molecule has 0 spiro atoms. The maximum absolute atomic E-state index is 11.5. The second-order valence-electron chi connectivity index (χ2n) is 4.31. The first kappa shape index (κ1) is 14.6. The van der Waals surface area contributed by atoms with Crippen LogP contribution < -0.4 is 10.7 Å². The molecule has 1 amide bonds. The van der Waals surface area contributed by atoms with Crippen molar-refractivity contribution in [2.24, 2.45) is 0 Å². The minimum Gasteiger partial charge on any atom is -0.445 e. The largest absolute Gasteiger partial charge is 0.445 e. The standard InChI is InChI=1S/C16H16N2O3/c19-15-8-10-17-11-14(15)7-4-9-18-16(20)21-12-13-5-2-1-3-6-13/h1-8,10-11H,9,12H2,(H,17,19)(H,18,20). The Hall–Kier alpha value is -2.82. The highest BCUT2D eigenvalue weighted by Crippen LogP contribution is 2.00. The van der Waals surface area contributed by atoms with Crippen molar-refractivity contribution in [2.75, 3.05) is 6.54 Å². The fraction of sp³-hybridized carbons (Fsp3) is 0.125. The van der Waals surface area contributed by atoms with Crippen LogP contribution in [0.1, 0.15) is 11.1 Å². The molecule has 2 N–H and O–H groups in total. The summed E-state index contributed by atoms with van der Waals surface area (Å²) in [7, 11) is 0. The molecule has 2 rings (SSSR count). The lowest BCUT2D eigenvalue weighted by atomic mass is 10.2. The minimum absolute atomic E-state index is 0.0725. The van der Waals surface area contributed by atoms with Gasteiger partial charge in [0.25, 0.3) is 0 Å². The Morgan fingerprint density at radius 2 is 2.05 bits per heavy atom. The second kappa shape index (κ2) is 7.69. The molecule has 0 aliphatic heterocycles. The van der Waals surface area contributed by atoms with E-state index in [0.717, 1.165) is 5.56 Å². The lowest BCUT2D eigenvalue weighted by molar-refractivity contribution is 0.141. The number of carbonyl (C=O) groups excluding carboxylic acids is 1. The zero-order valence-corrected chi connectivity index (χ0v) is 11.4. The van der Waals surface area contributed by atoms with Gasteiger partial charge in [0, 0.05) is 30.6 Å². The topological polar surface area (TPSA) is 71.2 Å². The van der Waals surface area contributed by atoms with E-state index in [1.54, 1.807) is 24.5 Å². The van der Waals surface area contributed by atoms with Gasteiger partial charge in [0.2, 0.25) is 0 Å². The third-order valence-electron chi connectivity index (χ3n) is 2.73. The fourth-order valence-corrected chi connectivity index (χ4v) is 1.66. The van der Waals surface area contributed by atoms with Gasteiger partial charge in [-0.2, -0.15) is 0 Å². The van der Waals surface area contributed by atoms with Crippen molar-refractivity contribution < 1.29 is 9.53 Å². The average molecular weight is 284 g/mol. The van der Waals surface area contributed by atoms with Crippen LogP contribution in [0.15, 0.2) is 59.7 Å². The second-order valence-corrected chi connectivity index (χ2v) is 4.31.